The second-order valence-electron chi connectivity index (χ2n) is 4.91. The molecule has 0 radical (unpaired) electrons. The standard InChI is InChI=1S/C13H13F3N4O4S/c14-13(15,16)2-1-3-25-8-4-7(21)10(11-18-6-19-20(8)11)12(24)17-5-9(22)23/h4,6H,1-3,5H2,(H,17,24)(H,18,19)(H,22,23). The van der Waals surface area contributed by atoms with Crippen LogP contribution in [0, 0.1) is 0 Å². The molecule has 136 valence electrons. The summed E-state index contributed by atoms with van der Waals surface area (Å²) in [7, 11) is 0. The van der Waals surface area contributed by atoms with Crippen LogP contribution in [0.3, 0.4) is 0 Å². The number of nitrogens with zero attached hydrogens (tertiary/aromatic N) is 2. The Morgan fingerprint density at radius 1 is 1.40 bits per heavy atom. The number of pyridine rings is 1. The lowest BCUT2D eigenvalue weighted by Gasteiger charge is -2.09. The Hall–Kier alpha value is -2.50. The molecule has 0 unspecified atom stereocenters. The summed E-state index contributed by atoms with van der Waals surface area (Å²) in [5.41, 5.74) is -1.08. The van der Waals surface area contributed by atoms with E-state index in [0.29, 0.717) is 5.03 Å². The van der Waals surface area contributed by atoms with Gasteiger partial charge in [-0.15, -0.1) is 11.8 Å². The fraction of sp³-hybridized carbons (Fsp3) is 0.385. The third kappa shape index (κ3) is 4.98. The quantitative estimate of drug-likeness (QED) is 0.494. The van der Waals surface area contributed by atoms with Gasteiger partial charge in [0.05, 0.1) is 0 Å². The summed E-state index contributed by atoms with van der Waals surface area (Å²) >= 11 is 1.01. The molecule has 2 aromatic heterocycles. The molecule has 25 heavy (non-hydrogen) atoms. The number of halogens is 3. The number of hydrogen-bond donors (Lipinski definition) is 3. The van der Waals surface area contributed by atoms with Gasteiger partial charge in [-0.1, -0.05) is 0 Å². The van der Waals surface area contributed by atoms with Crippen LogP contribution < -0.4 is 10.7 Å². The maximum atomic E-state index is 12.2. The van der Waals surface area contributed by atoms with Gasteiger partial charge in [-0.25, -0.2) is 9.50 Å². The number of carboxylic acid groups (broad SMARTS) is 1. The first-order valence-corrected chi connectivity index (χ1v) is 7.96. The molecule has 0 atom stereocenters. The van der Waals surface area contributed by atoms with Crippen molar-refractivity contribution in [2.45, 2.75) is 24.0 Å². The summed E-state index contributed by atoms with van der Waals surface area (Å²) in [6.45, 7) is -0.664. The molecule has 0 fully saturated rings. The van der Waals surface area contributed by atoms with Crippen molar-refractivity contribution in [2.24, 2.45) is 0 Å². The van der Waals surface area contributed by atoms with Crippen LogP contribution in [0.25, 0.3) is 5.65 Å². The van der Waals surface area contributed by atoms with E-state index in [1.54, 1.807) is 0 Å². The van der Waals surface area contributed by atoms with Gasteiger partial charge < -0.3 is 10.4 Å². The summed E-state index contributed by atoms with van der Waals surface area (Å²) in [6.07, 6.45) is -4.09. The highest BCUT2D eigenvalue weighted by molar-refractivity contribution is 7.99. The van der Waals surface area contributed by atoms with Gasteiger partial charge in [-0.2, -0.15) is 13.2 Å². The molecule has 0 aliphatic heterocycles. The van der Waals surface area contributed by atoms with Crippen molar-refractivity contribution in [3.8, 4) is 0 Å². The SMILES string of the molecule is O=C(O)CNC(=O)c1c(=O)cc(SCCCC(F)(F)F)n2[nH]cnc12. The van der Waals surface area contributed by atoms with E-state index >= 15 is 0 Å². The number of carbonyl (C=O) groups is 2. The molecule has 2 aromatic rings. The van der Waals surface area contributed by atoms with E-state index in [2.05, 4.69) is 15.4 Å². The van der Waals surface area contributed by atoms with Crippen LogP contribution in [0.2, 0.25) is 0 Å². The zero-order chi connectivity index (χ0) is 18.6. The van der Waals surface area contributed by atoms with Crippen molar-refractivity contribution >= 4 is 29.3 Å². The maximum Gasteiger partial charge on any atom is 0.389 e. The summed E-state index contributed by atoms with van der Waals surface area (Å²) < 4.78 is 37.7. The Morgan fingerprint density at radius 2 is 2.12 bits per heavy atom. The Kier molecular flexibility index (Phi) is 5.72. The van der Waals surface area contributed by atoms with Gasteiger partial charge >= 0.3 is 12.1 Å². The van der Waals surface area contributed by atoms with Crippen molar-refractivity contribution in [2.75, 3.05) is 12.3 Å². The maximum absolute atomic E-state index is 12.2. The minimum absolute atomic E-state index is 0.0336. The van der Waals surface area contributed by atoms with Gasteiger partial charge in [-0.05, 0) is 12.2 Å². The molecular formula is C13H13F3N4O4S. The zero-order valence-electron chi connectivity index (χ0n) is 12.6. The normalized spacial score (nSPS) is 11.6. The van der Waals surface area contributed by atoms with Crippen molar-refractivity contribution in [1.82, 2.24) is 19.9 Å². The van der Waals surface area contributed by atoms with E-state index < -0.39 is 36.4 Å². The first-order chi connectivity index (χ1) is 11.7. The Bertz CT molecular complexity index is 846. The minimum atomic E-state index is -4.24. The predicted octanol–water partition coefficient (Wildman–Crippen LogP) is 1.27. The van der Waals surface area contributed by atoms with Crippen molar-refractivity contribution in [3.05, 3.63) is 28.2 Å². The zero-order valence-corrected chi connectivity index (χ0v) is 13.4. The summed E-state index contributed by atoms with van der Waals surface area (Å²) in [6, 6.07) is 1.10. The average molecular weight is 378 g/mol. The fourth-order valence-electron chi connectivity index (χ4n) is 1.98. The molecule has 0 bridgehead atoms. The van der Waals surface area contributed by atoms with Crippen LogP contribution in [0.1, 0.15) is 23.2 Å². The highest BCUT2D eigenvalue weighted by atomic mass is 32.2. The number of carboxylic acids is 1. The fourth-order valence-corrected chi connectivity index (χ4v) is 2.94. The Morgan fingerprint density at radius 3 is 2.76 bits per heavy atom. The lowest BCUT2D eigenvalue weighted by Crippen LogP contribution is -2.33. The van der Waals surface area contributed by atoms with Gasteiger partial charge in [0, 0.05) is 12.5 Å². The number of amides is 1. The second kappa shape index (κ2) is 7.59. The van der Waals surface area contributed by atoms with E-state index in [4.69, 9.17) is 5.11 Å². The molecule has 2 heterocycles. The molecule has 3 N–H and O–H groups in total. The number of aromatic nitrogens is 3. The highest BCUT2D eigenvalue weighted by Crippen LogP contribution is 2.25. The van der Waals surface area contributed by atoms with E-state index in [-0.39, 0.29) is 23.4 Å². The molecule has 1 amide bonds. The van der Waals surface area contributed by atoms with Crippen LogP contribution in [0.4, 0.5) is 13.2 Å². The first-order valence-electron chi connectivity index (χ1n) is 6.98. The Labute approximate surface area is 142 Å². The lowest BCUT2D eigenvalue weighted by atomic mass is 10.2. The van der Waals surface area contributed by atoms with Crippen molar-refractivity contribution < 1.29 is 27.9 Å². The van der Waals surface area contributed by atoms with Gasteiger partial charge in [0.1, 0.15) is 23.5 Å². The highest BCUT2D eigenvalue weighted by Gasteiger charge is 2.26. The largest absolute Gasteiger partial charge is 0.480 e. The number of carbonyl (C=O) groups excluding carboxylic acids is 1. The van der Waals surface area contributed by atoms with Crippen LogP contribution >= 0.6 is 11.8 Å². The van der Waals surface area contributed by atoms with Gasteiger partial charge in [0.25, 0.3) is 5.91 Å². The smallest absolute Gasteiger partial charge is 0.389 e. The minimum Gasteiger partial charge on any atom is -0.480 e. The lowest BCUT2D eigenvalue weighted by molar-refractivity contribution is -0.136. The second-order valence-corrected chi connectivity index (χ2v) is 6.03. The van der Waals surface area contributed by atoms with Gasteiger partial charge in [0.15, 0.2) is 11.1 Å². The molecule has 0 spiro atoms. The summed E-state index contributed by atoms with van der Waals surface area (Å²) in [5, 5.41) is 13.6. The van der Waals surface area contributed by atoms with E-state index in [1.807, 2.05) is 0 Å². The van der Waals surface area contributed by atoms with Crippen LogP contribution in [0.15, 0.2) is 22.2 Å². The number of rotatable bonds is 7. The van der Waals surface area contributed by atoms with Crippen LogP contribution in [-0.4, -0.2) is 50.1 Å². The molecule has 8 nitrogen and oxygen atoms in total. The van der Waals surface area contributed by atoms with Gasteiger partial charge in [0.2, 0.25) is 0 Å². The monoisotopic (exact) mass is 378 g/mol. The molecule has 12 heteroatoms. The molecule has 0 aromatic carbocycles. The number of hydrogen-bond acceptors (Lipinski definition) is 5. The number of H-pyrrole nitrogens is 1. The predicted molar refractivity (Wildman–Crippen MR) is 81.8 cm³/mol. The van der Waals surface area contributed by atoms with E-state index in [1.165, 1.54) is 10.8 Å². The molecule has 0 saturated heterocycles. The number of nitrogens with one attached hydrogen (secondary N) is 2. The first kappa shape index (κ1) is 18.8. The number of alkyl halides is 3. The van der Waals surface area contributed by atoms with Crippen LogP contribution in [-0.2, 0) is 4.79 Å². The topological polar surface area (TPSA) is 117 Å². The van der Waals surface area contributed by atoms with Gasteiger partial charge in [-0.3, -0.25) is 19.5 Å². The molecule has 2 rings (SSSR count). The Balaban J connectivity index is 2.21. The number of aromatic amines is 1. The molecule has 0 aliphatic carbocycles. The summed E-state index contributed by atoms with van der Waals surface area (Å²) in [4.78, 5) is 38.5. The molecule has 0 saturated carbocycles. The van der Waals surface area contributed by atoms with Crippen LogP contribution in [0.5, 0.6) is 0 Å². The van der Waals surface area contributed by atoms with E-state index in [0.717, 1.165) is 17.8 Å². The third-order valence-corrected chi connectivity index (χ3v) is 4.10. The molecule has 0 aliphatic rings. The number of thioether (sulfide) groups is 1. The molecular weight excluding hydrogens is 365 g/mol. The summed E-state index contributed by atoms with van der Waals surface area (Å²) in [5.74, 6) is -2.06. The van der Waals surface area contributed by atoms with Crippen molar-refractivity contribution in [1.29, 1.82) is 0 Å². The number of fused-ring (bicyclic) bond motifs is 1. The van der Waals surface area contributed by atoms with Crippen molar-refractivity contribution in [3.63, 3.8) is 0 Å². The third-order valence-electron chi connectivity index (χ3n) is 3.01. The average Bonchev–Trinajstić information content (AvgIpc) is 2.97. The van der Waals surface area contributed by atoms with E-state index in [9.17, 15) is 27.6 Å². The number of aliphatic carboxylic acids is 1.